The first-order valence-corrected chi connectivity index (χ1v) is 8.27. The van der Waals surface area contributed by atoms with Gasteiger partial charge in [-0.25, -0.2) is 0 Å². The summed E-state index contributed by atoms with van der Waals surface area (Å²) in [5.74, 6) is 0.852. The number of fused-ring (bicyclic) bond motifs is 2. The van der Waals surface area contributed by atoms with Gasteiger partial charge in [-0.1, -0.05) is 18.2 Å². The van der Waals surface area contributed by atoms with E-state index in [4.69, 9.17) is 4.74 Å². The number of aryl methyl sites for hydroxylation is 1. The number of hydrogen-bond acceptors (Lipinski definition) is 3. The highest BCUT2D eigenvalue weighted by atomic mass is 16.5. The molecule has 0 unspecified atom stereocenters. The van der Waals surface area contributed by atoms with Crippen molar-refractivity contribution in [1.29, 1.82) is 0 Å². The molecule has 1 aromatic carbocycles. The van der Waals surface area contributed by atoms with E-state index in [2.05, 4.69) is 10.2 Å². The van der Waals surface area contributed by atoms with Gasteiger partial charge in [-0.15, -0.1) is 0 Å². The highest BCUT2D eigenvalue weighted by Gasteiger charge is 2.31. The van der Waals surface area contributed by atoms with Gasteiger partial charge in [0.05, 0.1) is 12.2 Å². The van der Waals surface area contributed by atoms with Crippen LogP contribution in [0.2, 0.25) is 0 Å². The number of nitrogens with zero attached hydrogens (tertiary/aromatic N) is 2. The number of nitrogens with one attached hydrogen (secondary N) is 1. The lowest BCUT2D eigenvalue weighted by Crippen LogP contribution is -2.38. The molecule has 0 saturated carbocycles. The van der Waals surface area contributed by atoms with E-state index in [0.29, 0.717) is 13.0 Å². The topological polar surface area (TPSA) is 58.2 Å². The number of ether oxygens (including phenoxy) is 1. The van der Waals surface area contributed by atoms with Crippen molar-refractivity contribution in [2.45, 2.75) is 44.8 Å². The molecule has 1 aliphatic carbocycles. The molecule has 0 spiro atoms. The summed E-state index contributed by atoms with van der Waals surface area (Å²) < 4.78 is 5.80. The van der Waals surface area contributed by atoms with Crippen molar-refractivity contribution in [2.24, 2.45) is 0 Å². The van der Waals surface area contributed by atoms with Crippen LogP contribution in [0.15, 0.2) is 24.3 Å². The molecule has 4 rings (SSSR count). The fourth-order valence-electron chi connectivity index (χ4n) is 3.55. The van der Waals surface area contributed by atoms with Crippen LogP contribution in [-0.4, -0.2) is 34.2 Å². The van der Waals surface area contributed by atoms with Crippen LogP contribution in [-0.2, 0) is 30.6 Å². The summed E-state index contributed by atoms with van der Waals surface area (Å²) in [5, 5.41) is 7.56. The molecule has 1 aliphatic heterocycles. The summed E-state index contributed by atoms with van der Waals surface area (Å²) in [7, 11) is 1.83. The predicted octanol–water partition coefficient (Wildman–Crippen LogP) is 2.25. The molecule has 0 saturated heterocycles. The van der Waals surface area contributed by atoms with Gasteiger partial charge in [-0.2, -0.15) is 5.10 Å². The van der Waals surface area contributed by atoms with Gasteiger partial charge in [0, 0.05) is 19.2 Å². The van der Waals surface area contributed by atoms with E-state index >= 15 is 0 Å². The largest absolute Gasteiger partial charge is 0.480 e. The Balaban J connectivity index is 1.45. The third kappa shape index (κ3) is 2.60. The lowest BCUT2D eigenvalue weighted by Gasteiger charge is -2.21. The van der Waals surface area contributed by atoms with E-state index in [9.17, 15) is 4.79 Å². The third-order valence-electron chi connectivity index (χ3n) is 4.83. The van der Waals surface area contributed by atoms with Crippen molar-refractivity contribution in [3.63, 3.8) is 0 Å². The van der Waals surface area contributed by atoms with Crippen molar-refractivity contribution >= 4 is 5.91 Å². The molecule has 5 heteroatoms. The molecule has 5 nitrogen and oxygen atoms in total. The van der Waals surface area contributed by atoms with Crippen LogP contribution in [0.3, 0.4) is 0 Å². The first kappa shape index (κ1) is 14.3. The Hall–Kier alpha value is -2.30. The standard InChI is InChI=1S/C18H21N3O2/c1-21(11-15-13-7-3-4-8-14(13)19-20-15)18(22)17-10-12-6-2-5-9-16(12)23-17/h2,5-6,9,17H,3-4,7-8,10-11H2,1H3,(H,19,20)/t17-/m1/s1. The number of aromatic nitrogens is 2. The highest BCUT2D eigenvalue weighted by molar-refractivity contribution is 5.82. The van der Waals surface area contributed by atoms with Gasteiger partial charge in [0.2, 0.25) is 0 Å². The van der Waals surface area contributed by atoms with E-state index in [1.54, 1.807) is 4.90 Å². The summed E-state index contributed by atoms with van der Waals surface area (Å²) >= 11 is 0. The van der Waals surface area contributed by atoms with Gasteiger partial charge in [0.25, 0.3) is 5.91 Å². The highest BCUT2D eigenvalue weighted by Crippen LogP contribution is 2.29. The van der Waals surface area contributed by atoms with Gasteiger partial charge in [-0.05, 0) is 42.9 Å². The quantitative estimate of drug-likeness (QED) is 0.946. The number of aromatic amines is 1. The average Bonchev–Trinajstić information content (AvgIpc) is 3.18. The zero-order valence-corrected chi connectivity index (χ0v) is 13.3. The monoisotopic (exact) mass is 311 g/mol. The van der Waals surface area contributed by atoms with Gasteiger partial charge in [-0.3, -0.25) is 9.89 Å². The number of carbonyl (C=O) groups excluding carboxylic acids is 1. The zero-order chi connectivity index (χ0) is 15.8. The number of likely N-dealkylation sites (N-methyl/N-ethyl adjacent to an activating group) is 1. The Bertz CT molecular complexity index is 713. The molecule has 23 heavy (non-hydrogen) atoms. The Morgan fingerprint density at radius 3 is 3.04 bits per heavy atom. The van der Waals surface area contributed by atoms with Crippen molar-refractivity contribution in [3.05, 3.63) is 46.8 Å². The van der Waals surface area contributed by atoms with E-state index in [1.165, 1.54) is 24.1 Å². The lowest BCUT2D eigenvalue weighted by molar-refractivity contribution is -0.137. The number of hydrogen-bond donors (Lipinski definition) is 1. The number of H-pyrrole nitrogens is 1. The lowest BCUT2D eigenvalue weighted by atomic mass is 9.96. The predicted molar refractivity (Wildman–Crippen MR) is 86.3 cm³/mol. The van der Waals surface area contributed by atoms with Crippen molar-refractivity contribution < 1.29 is 9.53 Å². The van der Waals surface area contributed by atoms with Crippen LogP contribution in [0, 0.1) is 0 Å². The smallest absolute Gasteiger partial charge is 0.264 e. The molecular formula is C18H21N3O2. The summed E-state index contributed by atoms with van der Waals surface area (Å²) in [4.78, 5) is 14.4. The van der Waals surface area contributed by atoms with Crippen LogP contribution < -0.4 is 4.74 Å². The molecule has 2 aromatic rings. The molecule has 1 N–H and O–H groups in total. The van der Waals surface area contributed by atoms with Gasteiger partial charge in [0.1, 0.15) is 5.75 Å². The van der Waals surface area contributed by atoms with Crippen LogP contribution in [0.1, 0.15) is 35.4 Å². The summed E-state index contributed by atoms with van der Waals surface area (Å²) in [6.07, 6.45) is 4.80. The molecule has 1 aromatic heterocycles. The maximum atomic E-state index is 12.7. The molecule has 1 amide bonds. The molecule has 2 aliphatic rings. The number of benzene rings is 1. The van der Waals surface area contributed by atoms with Crippen LogP contribution in [0.4, 0.5) is 0 Å². The Labute approximate surface area is 135 Å². The minimum absolute atomic E-state index is 0.0220. The molecule has 2 heterocycles. The summed E-state index contributed by atoms with van der Waals surface area (Å²) in [6, 6.07) is 7.86. The van der Waals surface area contributed by atoms with E-state index in [1.807, 2.05) is 31.3 Å². The Morgan fingerprint density at radius 1 is 1.35 bits per heavy atom. The van der Waals surface area contributed by atoms with Crippen LogP contribution in [0.25, 0.3) is 0 Å². The third-order valence-corrected chi connectivity index (χ3v) is 4.83. The second-order valence-electron chi connectivity index (χ2n) is 6.45. The zero-order valence-electron chi connectivity index (χ0n) is 13.3. The van der Waals surface area contributed by atoms with E-state index < -0.39 is 6.10 Å². The minimum atomic E-state index is -0.410. The Kier molecular flexibility index (Phi) is 3.56. The summed E-state index contributed by atoms with van der Waals surface area (Å²) in [5.41, 5.74) is 4.67. The minimum Gasteiger partial charge on any atom is -0.480 e. The number of carbonyl (C=O) groups is 1. The van der Waals surface area contributed by atoms with E-state index in [-0.39, 0.29) is 5.91 Å². The molecule has 0 fully saturated rings. The van der Waals surface area contributed by atoms with Crippen molar-refractivity contribution in [1.82, 2.24) is 15.1 Å². The number of rotatable bonds is 3. The van der Waals surface area contributed by atoms with Gasteiger partial charge >= 0.3 is 0 Å². The average molecular weight is 311 g/mol. The summed E-state index contributed by atoms with van der Waals surface area (Å²) in [6.45, 7) is 0.543. The second-order valence-corrected chi connectivity index (χ2v) is 6.45. The SMILES string of the molecule is CN(Cc1n[nH]c2c1CCCC2)C(=O)[C@H]1Cc2ccccc2O1. The molecule has 0 radical (unpaired) electrons. The molecular weight excluding hydrogens is 290 g/mol. The first-order chi connectivity index (χ1) is 11.2. The van der Waals surface area contributed by atoms with Crippen molar-refractivity contribution in [2.75, 3.05) is 7.05 Å². The maximum Gasteiger partial charge on any atom is 0.264 e. The van der Waals surface area contributed by atoms with E-state index in [0.717, 1.165) is 29.8 Å². The molecule has 0 bridgehead atoms. The van der Waals surface area contributed by atoms with Crippen LogP contribution >= 0.6 is 0 Å². The first-order valence-electron chi connectivity index (χ1n) is 8.27. The molecule has 1 atom stereocenters. The fraction of sp³-hybridized carbons (Fsp3) is 0.444. The normalized spacial score (nSPS) is 18.9. The maximum absolute atomic E-state index is 12.7. The van der Waals surface area contributed by atoms with Crippen molar-refractivity contribution in [3.8, 4) is 5.75 Å². The molecule has 120 valence electrons. The fourth-order valence-corrected chi connectivity index (χ4v) is 3.55. The van der Waals surface area contributed by atoms with Crippen LogP contribution in [0.5, 0.6) is 5.75 Å². The van der Waals surface area contributed by atoms with Gasteiger partial charge in [0.15, 0.2) is 6.10 Å². The Morgan fingerprint density at radius 2 is 2.17 bits per heavy atom. The number of para-hydroxylation sites is 1. The van der Waals surface area contributed by atoms with Gasteiger partial charge < -0.3 is 9.64 Å². The second kappa shape index (κ2) is 5.72. The number of amides is 1.